The zero-order chi connectivity index (χ0) is 18.5. The lowest BCUT2D eigenvalue weighted by molar-refractivity contribution is -0.113. The first kappa shape index (κ1) is 17.6. The molecule has 2 aromatic heterocycles. The third-order valence-corrected chi connectivity index (χ3v) is 5.30. The molecule has 1 aliphatic heterocycles. The number of nitrogens with zero attached hydrogens (tertiary/aromatic N) is 5. The number of tetrazole rings is 1. The lowest BCUT2D eigenvalue weighted by Crippen LogP contribution is -2.18. The summed E-state index contributed by atoms with van der Waals surface area (Å²) in [6, 6.07) is 11.7. The maximum atomic E-state index is 12.2. The highest BCUT2D eigenvalue weighted by Crippen LogP contribution is 2.22. The number of anilines is 2. The third-order valence-electron chi connectivity index (χ3n) is 4.34. The number of aromatic nitrogens is 4. The SMILES string of the molecule is O=C(CSc1nnnn1Cc1ccco1)Nc1ccc(N2CCCC2)cc1. The van der Waals surface area contributed by atoms with Crippen molar-refractivity contribution in [1.82, 2.24) is 20.2 Å². The topological polar surface area (TPSA) is 89.1 Å². The van der Waals surface area contributed by atoms with E-state index in [-0.39, 0.29) is 11.7 Å². The molecule has 1 fully saturated rings. The number of carbonyl (C=O) groups excluding carboxylic acids is 1. The number of thioether (sulfide) groups is 1. The van der Waals surface area contributed by atoms with E-state index in [2.05, 4.69) is 37.9 Å². The number of carbonyl (C=O) groups is 1. The van der Waals surface area contributed by atoms with Crippen LogP contribution in [0.2, 0.25) is 0 Å². The highest BCUT2D eigenvalue weighted by atomic mass is 32.2. The van der Waals surface area contributed by atoms with E-state index in [1.165, 1.54) is 30.3 Å². The van der Waals surface area contributed by atoms with E-state index in [1.807, 2.05) is 24.3 Å². The van der Waals surface area contributed by atoms with Crippen molar-refractivity contribution < 1.29 is 9.21 Å². The van der Waals surface area contributed by atoms with Gasteiger partial charge < -0.3 is 14.6 Å². The number of hydrogen-bond donors (Lipinski definition) is 1. The van der Waals surface area contributed by atoms with Crippen molar-refractivity contribution in [2.45, 2.75) is 24.5 Å². The van der Waals surface area contributed by atoms with Gasteiger partial charge in [-0.3, -0.25) is 4.79 Å². The Morgan fingerprint density at radius 2 is 2.00 bits per heavy atom. The molecule has 1 amide bonds. The number of furan rings is 1. The number of rotatable bonds is 7. The number of benzene rings is 1. The van der Waals surface area contributed by atoms with Gasteiger partial charge in [0, 0.05) is 24.5 Å². The van der Waals surface area contributed by atoms with E-state index < -0.39 is 0 Å². The van der Waals surface area contributed by atoms with Gasteiger partial charge >= 0.3 is 0 Å². The van der Waals surface area contributed by atoms with E-state index in [4.69, 9.17) is 4.42 Å². The molecule has 0 radical (unpaired) electrons. The summed E-state index contributed by atoms with van der Waals surface area (Å²) in [7, 11) is 0. The Kier molecular flexibility index (Phi) is 5.38. The van der Waals surface area contributed by atoms with Crippen molar-refractivity contribution in [3.8, 4) is 0 Å². The summed E-state index contributed by atoms with van der Waals surface area (Å²) in [5.41, 5.74) is 2.00. The van der Waals surface area contributed by atoms with Gasteiger partial charge in [-0.05, 0) is 59.7 Å². The minimum absolute atomic E-state index is 0.0959. The lowest BCUT2D eigenvalue weighted by atomic mass is 10.2. The lowest BCUT2D eigenvalue weighted by Gasteiger charge is -2.17. The van der Waals surface area contributed by atoms with Gasteiger partial charge in [0.2, 0.25) is 11.1 Å². The Labute approximate surface area is 160 Å². The first-order chi connectivity index (χ1) is 13.3. The molecule has 3 heterocycles. The van der Waals surface area contributed by atoms with Crippen LogP contribution in [-0.4, -0.2) is 45.0 Å². The van der Waals surface area contributed by atoms with Crippen LogP contribution in [0.4, 0.5) is 11.4 Å². The van der Waals surface area contributed by atoms with Crippen molar-refractivity contribution in [3.63, 3.8) is 0 Å². The van der Waals surface area contributed by atoms with Gasteiger partial charge in [-0.2, -0.15) is 0 Å². The minimum Gasteiger partial charge on any atom is -0.467 e. The molecule has 1 aromatic carbocycles. The van der Waals surface area contributed by atoms with Crippen molar-refractivity contribution >= 4 is 29.0 Å². The summed E-state index contributed by atoms with van der Waals surface area (Å²) in [6.45, 7) is 2.64. The first-order valence-electron chi connectivity index (χ1n) is 8.84. The molecular formula is C18H20N6O2S. The molecule has 3 aromatic rings. The maximum absolute atomic E-state index is 12.2. The second kappa shape index (κ2) is 8.26. The van der Waals surface area contributed by atoms with Crippen LogP contribution >= 0.6 is 11.8 Å². The fourth-order valence-electron chi connectivity index (χ4n) is 3.01. The van der Waals surface area contributed by atoms with Crippen LogP contribution in [0.25, 0.3) is 0 Å². The maximum Gasteiger partial charge on any atom is 0.234 e. The van der Waals surface area contributed by atoms with Gasteiger partial charge in [-0.25, -0.2) is 4.68 Å². The second-order valence-corrected chi connectivity index (χ2v) is 7.22. The molecule has 0 aliphatic carbocycles. The van der Waals surface area contributed by atoms with E-state index in [0.29, 0.717) is 11.7 Å². The average molecular weight is 384 g/mol. The molecular weight excluding hydrogens is 364 g/mol. The van der Waals surface area contributed by atoms with Crippen LogP contribution in [0.1, 0.15) is 18.6 Å². The van der Waals surface area contributed by atoms with Gasteiger partial charge in [0.05, 0.1) is 12.0 Å². The monoisotopic (exact) mass is 384 g/mol. The average Bonchev–Trinajstić information content (AvgIpc) is 3.44. The Morgan fingerprint density at radius 3 is 2.74 bits per heavy atom. The van der Waals surface area contributed by atoms with E-state index in [1.54, 1.807) is 10.9 Å². The second-order valence-electron chi connectivity index (χ2n) is 6.28. The van der Waals surface area contributed by atoms with Gasteiger partial charge in [0.25, 0.3) is 0 Å². The van der Waals surface area contributed by atoms with Crippen LogP contribution in [0.15, 0.2) is 52.2 Å². The fraction of sp³-hybridized carbons (Fsp3) is 0.333. The quantitative estimate of drug-likeness (QED) is 0.626. The summed E-state index contributed by atoms with van der Waals surface area (Å²) < 4.78 is 6.92. The van der Waals surface area contributed by atoms with E-state index >= 15 is 0 Å². The Hall–Kier alpha value is -2.81. The van der Waals surface area contributed by atoms with Gasteiger partial charge in [-0.15, -0.1) is 5.10 Å². The Morgan fingerprint density at radius 1 is 1.19 bits per heavy atom. The van der Waals surface area contributed by atoms with E-state index in [0.717, 1.165) is 24.5 Å². The summed E-state index contributed by atoms with van der Waals surface area (Å²) in [4.78, 5) is 14.6. The molecule has 0 atom stereocenters. The number of nitrogens with one attached hydrogen (secondary N) is 1. The molecule has 1 N–H and O–H groups in total. The Bertz CT molecular complexity index is 872. The molecule has 0 bridgehead atoms. The number of amides is 1. The van der Waals surface area contributed by atoms with Crippen molar-refractivity contribution in [2.24, 2.45) is 0 Å². The van der Waals surface area contributed by atoms with Crippen LogP contribution in [0.5, 0.6) is 0 Å². The highest BCUT2D eigenvalue weighted by molar-refractivity contribution is 7.99. The molecule has 0 saturated carbocycles. The van der Waals surface area contributed by atoms with Crippen LogP contribution in [-0.2, 0) is 11.3 Å². The van der Waals surface area contributed by atoms with Crippen LogP contribution < -0.4 is 10.2 Å². The van der Waals surface area contributed by atoms with Crippen LogP contribution in [0, 0.1) is 0 Å². The molecule has 140 valence electrons. The molecule has 0 unspecified atom stereocenters. The fourth-order valence-corrected chi connectivity index (χ4v) is 3.68. The summed E-state index contributed by atoms with van der Waals surface area (Å²) in [5.74, 6) is 0.889. The first-order valence-corrected chi connectivity index (χ1v) is 9.83. The molecule has 0 spiro atoms. The molecule has 9 heteroatoms. The summed E-state index contributed by atoms with van der Waals surface area (Å²) in [6.07, 6.45) is 4.10. The minimum atomic E-state index is -0.0959. The van der Waals surface area contributed by atoms with Gasteiger partial charge in [0.1, 0.15) is 12.3 Å². The van der Waals surface area contributed by atoms with Gasteiger partial charge in [0.15, 0.2) is 0 Å². The molecule has 27 heavy (non-hydrogen) atoms. The molecule has 1 aliphatic rings. The summed E-state index contributed by atoms with van der Waals surface area (Å²) in [5, 5.41) is 15.1. The smallest absolute Gasteiger partial charge is 0.234 e. The third kappa shape index (κ3) is 4.48. The molecule has 4 rings (SSSR count). The Balaban J connectivity index is 1.29. The molecule has 1 saturated heterocycles. The zero-order valence-electron chi connectivity index (χ0n) is 14.7. The van der Waals surface area contributed by atoms with Crippen molar-refractivity contribution in [3.05, 3.63) is 48.4 Å². The summed E-state index contributed by atoms with van der Waals surface area (Å²) >= 11 is 1.29. The number of hydrogen-bond acceptors (Lipinski definition) is 7. The van der Waals surface area contributed by atoms with Crippen LogP contribution in [0.3, 0.4) is 0 Å². The van der Waals surface area contributed by atoms with E-state index in [9.17, 15) is 4.79 Å². The van der Waals surface area contributed by atoms with Crippen molar-refractivity contribution in [2.75, 3.05) is 29.1 Å². The normalized spacial score (nSPS) is 13.9. The van der Waals surface area contributed by atoms with Gasteiger partial charge in [-0.1, -0.05) is 11.8 Å². The molecule has 8 nitrogen and oxygen atoms in total. The predicted octanol–water partition coefficient (Wildman–Crippen LogP) is 2.65. The zero-order valence-corrected chi connectivity index (χ0v) is 15.6. The predicted molar refractivity (Wildman–Crippen MR) is 103 cm³/mol. The highest BCUT2D eigenvalue weighted by Gasteiger charge is 2.13. The largest absolute Gasteiger partial charge is 0.467 e. The standard InChI is InChI=1S/C18H20N6O2S/c25-17(19-14-5-7-15(8-6-14)23-9-1-2-10-23)13-27-18-20-21-22-24(18)12-16-4-3-11-26-16/h3-8,11H,1-2,9-10,12-13H2,(H,19,25). The van der Waals surface area contributed by atoms with Crippen molar-refractivity contribution in [1.29, 1.82) is 0 Å².